The summed E-state index contributed by atoms with van der Waals surface area (Å²) in [4.78, 5) is 28.7. The second-order valence-corrected chi connectivity index (χ2v) is 10.1. The molecule has 1 aliphatic carbocycles. The quantitative estimate of drug-likeness (QED) is 0.597. The highest BCUT2D eigenvalue weighted by Crippen LogP contribution is 2.47. The van der Waals surface area contributed by atoms with Gasteiger partial charge < -0.3 is 4.55 Å². The van der Waals surface area contributed by atoms with Crippen LogP contribution in [0.25, 0.3) is 11.1 Å². The average molecular weight is 419 g/mol. The van der Waals surface area contributed by atoms with Gasteiger partial charge in [-0.05, 0) is 49.1 Å². The molecule has 0 N–H and O–H groups in total. The lowest BCUT2D eigenvalue weighted by atomic mass is 9.85. The van der Waals surface area contributed by atoms with E-state index >= 15 is 0 Å². The van der Waals surface area contributed by atoms with Crippen molar-refractivity contribution in [3.05, 3.63) is 60.4 Å². The molecule has 1 amide bonds. The van der Waals surface area contributed by atoms with E-state index in [-0.39, 0.29) is 11.2 Å². The topological polar surface area (TPSA) is 82.0 Å². The van der Waals surface area contributed by atoms with Crippen molar-refractivity contribution >= 4 is 28.5 Å². The molecule has 0 bridgehead atoms. The highest BCUT2D eigenvalue weighted by atomic mass is 32.2. The monoisotopic (exact) mass is 418 g/mol. The van der Waals surface area contributed by atoms with E-state index in [9.17, 15) is 9.35 Å². The summed E-state index contributed by atoms with van der Waals surface area (Å²) < 4.78 is 12.6. The number of aryl methyl sites for hydroxylation is 1. The summed E-state index contributed by atoms with van der Waals surface area (Å²) in [6, 6.07) is 7.84. The molecule has 1 saturated carbocycles. The zero-order valence-corrected chi connectivity index (χ0v) is 17.9. The average Bonchev–Trinajstić information content (AvgIpc) is 3.56. The highest BCUT2D eigenvalue weighted by molar-refractivity contribution is 7.92. The molecule has 7 heteroatoms. The molecule has 0 saturated heterocycles. The van der Waals surface area contributed by atoms with Crippen LogP contribution in [0.4, 0.5) is 11.4 Å². The van der Waals surface area contributed by atoms with E-state index in [1.807, 2.05) is 45.0 Å². The van der Waals surface area contributed by atoms with E-state index in [0.717, 1.165) is 35.2 Å². The normalized spacial score (nSPS) is 18.4. The molecule has 1 aromatic carbocycles. The molecule has 6 nitrogen and oxygen atoms in total. The number of benzene rings is 1. The van der Waals surface area contributed by atoms with Crippen LogP contribution in [0.3, 0.4) is 0 Å². The number of rotatable bonds is 4. The Hall–Kier alpha value is -2.77. The van der Waals surface area contributed by atoms with E-state index in [2.05, 4.69) is 15.0 Å². The minimum Gasteiger partial charge on any atom is -0.611 e. The van der Waals surface area contributed by atoms with Crippen LogP contribution in [-0.4, -0.2) is 30.7 Å². The first-order valence-corrected chi connectivity index (χ1v) is 11.2. The van der Waals surface area contributed by atoms with Crippen molar-refractivity contribution in [3.8, 4) is 11.1 Å². The van der Waals surface area contributed by atoms with Gasteiger partial charge in [0.2, 0.25) is 5.91 Å². The Kier molecular flexibility index (Phi) is 4.41. The molecule has 30 heavy (non-hydrogen) atoms. The Bertz CT molecular complexity index is 1140. The van der Waals surface area contributed by atoms with Crippen LogP contribution >= 0.6 is 0 Å². The molecular weight excluding hydrogens is 396 g/mol. The number of nitrogens with zero attached hydrogens (tertiary/aromatic N) is 4. The summed E-state index contributed by atoms with van der Waals surface area (Å²) >= 11 is -1.08. The van der Waals surface area contributed by atoms with Crippen molar-refractivity contribution < 1.29 is 9.35 Å². The van der Waals surface area contributed by atoms with E-state index in [0.29, 0.717) is 16.4 Å². The molecule has 0 spiro atoms. The maximum atomic E-state index is 13.4. The summed E-state index contributed by atoms with van der Waals surface area (Å²) in [7, 11) is 0. The van der Waals surface area contributed by atoms with E-state index in [4.69, 9.17) is 0 Å². The van der Waals surface area contributed by atoms with Gasteiger partial charge in [-0.15, -0.1) is 0 Å². The molecule has 0 radical (unpaired) electrons. The van der Waals surface area contributed by atoms with Crippen LogP contribution in [-0.2, 0) is 21.4 Å². The number of amides is 1. The molecule has 3 heterocycles. The number of carbonyl (C=O) groups excluding carboxylic acids is 1. The smallest absolute Gasteiger partial charge is 0.241 e. The van der Waals surface area contributed by atoms with Gasteiger partial charge in [-0.3, -0.25) is 14.7 Å². The van der Waals surface area contributed by atoms with Gasteiger partial charge in [0.25, 0.3) is 0 Å². The second kappa shape index (κ2) is 6.89. The van der Waals surface area contributed by atoms with E-state index in [1.165, 1.54) is 0 Å². The molecule has 3 aromatic rings. The lowest BCUT2D eigenvalue weighted by Gasteiger charge is -2.21. The number of anilines is 2. The first-order chi connectivity index (χ1) is 14.4. The van der Waals surface area contributed by atoms with Crippen molar-refractivity contribution in [2.24, 2.45) is 0 Å². The lowest BCUT2D eigenvalue weighted by molar-refractivity contribution is -0.121. The maximum absolute atomic E-state index is 13.4. The molecule has 1 unspecified atom stereocenters. The fourth-order valence-electron chi connectivity index (χ4n) is 3.84. The molecule has 2 aliphatic rings. The van der Waals surface area contributed by atoms with Crippen molar-refractivity contribution in [3.63, 3.8) is 0 Å². The van der Waals surface area contributed by atoms with Gasteiger partial charge in [0.15, 0.2) is 4.90 Å². The minimum absolute atomic E-state index is 0.0223. The van der Waals surface area contributed by atoms with Gasteiger partial charge in [0.05, 0.1) is 29.2 Å². The molecule has 2 aromatic heterocycles. The standard InChI is InChI=1S/C23H22N4O2S/c1-14-25-10-16(11-26-14)15-4-7-20-21(8-15)27(22(28)23(20,2)3)17-9-19(13-24-12-17)30(29)18-5-6-18/h4,7-13,18H,5-6H2,1-3H3. The van der Waals surface area contributed by atoms with Crippen molar-refractivity contribution in [1.82, 2.24) is 15.0 Å². The largest absolute Gasteiger partial charge is 0.611 e. The number of pyridine rings is 1. The van der Waals surface area contributed by atoms with E-state index in [1.54, 1.807) is 29.7 Å². The SMILES string of the molecule is Cc1ncc(-c2ccc3c(c2)N(c2cncc([S+]([O-])C4CC4)c2)C(=O)C3(C)C)cn1. The Morgan fingerprint density at radius 2 is 1.80 bits per heavy atom. The summed E-state index contributed by atoms with van der Waals surface area (Å²) in [5.74, 6) is 0.690. The predicted molar refractivity (Wildman–Crippen MR) is 116 cm³/mol. The summed E-state index contributed by atoms with van der Waals surface area (Å²) in [5.41, 5.74) is 3.59. The Morgan fingerprint density at radius 1 is 1.07 bits per heavy atom. The van der Waals surface area contributed by atoms with Crippen molar-refractivity contribution in [2.45, 2.75) is 49.2 Å². The van der Waals surface area contributed by atoms with Crippen molar-refractivity contribution in [1.29, 1.82) is 0 Å². The van der Waals surface area contributed by atoms with Crippen LogP contribution in [0, 0.1) is 6.92 Å². The van der Waals surface area contributed by atoms with Gasteiger partial charge in [-0.1, -0.05) is 12.1 Å². The molecule has 5 rings (SSSR count). The van der Waals surface area contributed by atoms with Gasteiger partial charge >= 0.3 is 0 Å². The van der Waals surface area contributed by atoms with Crippen LogP contribution in [0.15, 0.2) is 53.9 Å². The molecular formula is C23H22N4O2S. The van der Waals surface area contributed by atoms with E-state index < -0.39 is 16.6 Å². The van der Waals surface area contributed by atoms with Gasteiger partial charge in [0.1, 0.15) is 11.1 Å². The third-order valence-corrected chi connectivity index (χ3v) is 7.55. The number of hydrogen-bond donors (Lipinski definition) is 0. The Balaban J connectivity index is 1.61. The first-order valence-electron chi connectivity index (χ1n) is 10.00. The van der Waals surface area contributed by atoms with Gasteiger partial charge in [-0.2, -0.15) is 0 Å². The van der Waals surface area contributed by atoms with Crippen LogP contribution in [0.2, 0.25) is 0 Å². The zero-order chi connectivity index (χ0) is 21.0. The third kappa shape index (κ3) is 3.09. The van der Waals surface area contributed by atoms with Gasteiger partial charge in [0, 0.05) is 36.9 Å². The second-order valence-electron chi connectivity index (χ2n) is 8.39. The predicted octanol–water partition coefficient (Wildman–Crippen LogP) is 4.07. The summed E-state index contributed by atoms with van der Waals surface area (Å²) in [6.45, 7) is 5.71. The fraction of sp³-hybridized carbons (Fsp3) is 0.304. The molecule has 1 aliphatic heterocycles. The zero-order valence-electron chi connectivity index (χ0n) is 17.1. The number of fused-ring (bicyclic) bond motifs is 1. The number of aromatic nitrogens is 3. The van der Waals surface area contributed by atoms with Crippen LogP contribution in [0.1, 0.15) is 38.1 Å². The van der Waals surface area contributed by atoms with Crippen LogP contribution in [0.5, 0.6) is 0 Å². The maximum Gasteiger partial charge on any atom is 0.241 e. The third-order valence-electron chi connectivity index (χ3n) is 5.78. The Morgan fingerprint density at radius 3 is 2.50 bits per heavy atom. The molecule has 1 atom stereocenters. The summed E-state index contributed by atoms with van der Waals surface area (Å²) in [6.07, 6.45) is 8.85. The Labute approximate surface area is 178 Å². The number of carbonyl (C=O) groups is 1. The van der Waals surface area contributed by atoms with Crippen LogP contribution < -0.4 is 4.90 Å². The molecule has 1 fully saturated rings. The van der Waals surface area contributed by atoms with Gasteiger partial charge in [-0.25, -0.2) is 9.97 Å². The summed E-state index contributed by atoms with van der Waals surface area (Å²) in [5, 5.41) is 0.216. The number of hydrogen-bond acceptors (Lipinski definition) is 5. The highest BCUT2D eigenvalue weighted by Gasteiger charge is 2.45. The fourth-order valence-corrected chi connectivity index (χ4v) is 5.19. The molecule has 152 valence electrons. The lowest BCUT2D eigenvalue weighted by Crippen LogP contribution is -2.33. The first kappa shape index (κ1) is 19.2. The van der Waals surface area contributed by atoms with Crippen molar-refractivity contribution in [2.75, 3.05) is 4.90 Å². The minimum atomic E-state index is -1.08.